The van der Waals surface area contributed by atoms with Crippen LogP contribution in [0.3, 0.4) is 0 Å². The van der Waals surface area contributed by atoms with Gasteiger partial charge < -0.3 is 54.5 Å². The maximum Gasteiger partial charge on any atom is -0.0276 e. The first-order valence-electron chi connectivity index (χ1n) is 11.0. The molecule has 4 aromatic rings. The van der Waals surface area contributed by atoms with Crippen molar-refractivity contribution in [1.29, 1.82) is 0 Å². The first-order chi connectivity index (χ1) is 14.9. The minimum absolute atomic E-state index is 0. The molecule has 1 aliphatic carbocycles. The Bertz CT molecular complexity index is 1130. The van der Waals surface area contributed by atoms with Crippen molar-refractivity contribution < 1.29 is 45.3 Å². The van der Waals surface area contributed by atoms with Gasteiger partial charge in [-0.15, -0.1) is 22.9 Å². The monoisotopic (exact) mass is 642 g/mol. The van der Waals surface area contributed by atoms with Crippen LogP contribution in [-0.4, -0.2) is 13.8 Å². The molecular weight excluding hydrogens is 603 g/mol. The fraction of sp³-hybridized carbons (Fsp3) is 0.250. The first kappa shape index (κ1) is 43.4. The second-order valence-corrected chi connectivity index (χ2v) is 15.8. The molecule has 0 N–H and O–H groups in total. The zero-order chi connectivity index (χ0) is 22.3. The smallest absolute Gasteiger partial charge is 0.0276 e. The Hall–Kier alpha value is -0.703. The Morgan fingerprint density at radius 2 is 1.49 bits per heavy atom. The molecule has 4 aromatic carbocycles. The molecule has 0 bridgehead atoms. The van der Waals surface area contributed by atoms with Crippen LogP contribution in [0.5, 0.6) is 0 Å². The van der Waals surface area contributed by atoms with E-state index in [0.717, 1.165) is 0 Å². The van der Waals surface area contributed by atoms with E-state index in [2.05, 4.69) is 113 Å². The van der Waals surface area contributed by atoms with E-state index < -0.39 is 0 Å². The minimum Gasteiger partial charge on any atom is -0.168 e. The van der Waals surface area contributed by atoms with Gasteiger partial charge in [0, 0.05) is 0 Å². The number of halogens is 2. The van der Waals surface area contributed by atoms with Gasteiger partial charge >= 0.3 is 34.2 Å². The van der Waals surface area contributed by atoms with Crippen LogP contribution in [0.25, 0.3) is 21.9 Å². The first-order valence-corrected chi connectivity index (χ1v) is 19.3. The average molecular weight is 645 g/mol. The van der Waals surface area contributed by atoms with Gasteiger partial charge in [0.1, 0.15) is 0 Å². The maximum atomic E-state index is 3.27. The average Bonchev–Trinajstić information content (AvgIpc) is 3.48. The summed E-state index contributed by atoms with van der Waals surface area (Å²) < 4.78 is 0. The summed E-state index contributed by atoms with van der Waals surface area (Å²) in [7, 11) is 0. The van der Waals surface area contributed by atoms with Crippen LogP contribution in [0.2, 0.25) is 0 Å². The topological polar surface area (TPSA) is 0 Å². The Morgan fingerprint density at radius 3 is 2.03 bits per heavy atom. The van der Waals surface area contributed by atoms with Gasteiger partial charge in [0.25, 0.3) is 0 Å². The Morgan fingerprint density at radius 1 is 0.865 bits per heavy atom. The summed E-state index contributed by atoms with van der Waals surface area (Å²) in [4.78, 5) is 0. The SMILES string of the molecule is CC(C)(C)Cc1cc[cH-]c1.[CH3-].[CH3-].[CH3-].[CH3-].[Cl-].[Cl-].[Si]=[Zr]=[Si].c1ccc(-c2c3c(cc4[cH-]ccc24)CCC3)cc1. The standard InChI is InChI=1S/C18H15.C10H15.4CH3.2ClH.2Si.Zr/c1-2-6-13(7-3-1)18-16-10-4-8-14(16)12-15-9-5-11-17(15)18;1-10(2,3)8-9-6-4-5-7-9;;;;;;;;;/h1-4,6-8,10,12H,5,9,11H2;4-7H,8H2,1-3H3;4*1H3;2*1H;;;/q6*-1;;;;;/p-2. The predicted octanol–water partition coefficient (Wildman–Crippen LogP) is 2.75. The van der Waals surface area contributed by atoms with Gasteiger partial charge in [-0.1, -0.05) is 74.2 Å². The summed E-state index contributed by atoms with van der Waals surface area (Å²) >= 11 is -0.159. The zero-order valence-electron chi connectivity index (χ0n) is 23.6. The number of benzene rings is 2. The molecule has 0 amide bonds. The van der Waals surface area contributed by atoms with Crippen molar-refractivity contribution in [3.05, 3.63) is 125 Å². The van der Waals surface area contributed by atoms with Gasteiger partial charge in [0.05, 0.1) is 0 Å². The normalized spacial score (nSPS) is 10.2. The minimum atomic E-state index is -0.159. The van der Waals surface area contributed by atoms with E-state index in [1.807, 2.05) is 0 Å². The third kappa shape index (κ3) is 12.8. The van der Waals surface area contributed by atoms with Crippen molar-refractivity contribution in [3.63, 3.8) is 0 Å². The summed E-state index contributed by atoms with van der Waals surface area (Å²) in [6, 6.07) is 28.5. The van der Waals surface area contributed by atoms with E-state index >= 15 is 0 Å². The molecule has 37 heavy (non-hydrogen) atoms. The van der Waals surface area contributed by atoms with E-state index in [1.165, 1.54) is 53.1 Å². The Labute approximate surface area is 256 Å². The van der Waals surface area contributed by atoms with Crippen LogP contribution in [0.4, 0.5) is 0 Å². The summed E-state index contributed by atoms with van der Waals surface area (Å²) in [6.07, 6.45) is 4.97. The van der Waals surface area contributed by atoms with Crippen molar-refractivity contribution in [2.45, 2.75) is 46.5 Å². The van der Waals surface area contributed by atoms with Crippen LogP contribution in [0, 0.1) is 35.1 Å². The molecule has 0 spiro atoms. The molecule has 1 aliphatic rings. The molecule has 5 rings (SSSR count). The number of hydrogen-bond acceptors (Lipinski definition) is 0. The second kappa shape index (κ2) is 21.2. The van der Waals surface area contributed by atoms with E-state index in [1.54, 1.807) is 11.1 Å². The molecule has 204 valence electrons. The third-order valence-corrected chi connectivity index (χ3v) is 5.54. The Balaban J connectivity index is -0.000000253. The molecule has 0 unspecified atom stereocenters. The fourth-order valence-electron chi connectivity index (χ4n) is 4.43. The fourth-order valence-corrected chi connectivity index (χ4v) is 4.43. The molecule has 5 heteroatoms. The number of hydrogen-bond donors (Lipinski definition) is 0. The quantitative estimate of drug-likeness (QED) is 0.233. The molecule has 0 atom stereocenters. The molecular formula is C32H42Cl2Si2Zr-8. The maximum absolute atomic E-state index is 3.27. The molecule has 0 heterocycles. The molecule has 0 aromatic heterocycles. The zero-order valence-corrected chi connectivity index (χ0v) is 29.6. The van der Waals surface area contributed by atoms with Crippen LogP contribution >= 0.6 is 0 Å². The largest absolute Gasteiger partial charge is 0.168 e. The molecule has 4 radical (unpaired) electrons. The molecule has 0 nitrogen and oxygen atoms in total. The van der Waals surface area contributed by atoms with Gasteiger partial charge in [-0.2, -0.15) is 35.9 Å². The summed E-state index contributed by atoms with van der Waals surface area (Å²) in [5.41, 5.74) is 7.87. The number of aryl methyl sites for hydroxylation is 1. The third-order valence-electron chi connectivity index (χ3n) is 5.54. The van der Waals surface area contributed by atoms with Crippen molar-refractivity contribution in [2.24, 2.45) is 5.41 Å². The second-order valence-electron chi connectivity index (χ2n) is 9.29. The molecule has 0 aliphatic heterocycles. The molecule has 0 saturated heterocycles. The van der Waals surface area contributed by atoms with Crippen molar-refractivity contribution in [3.8, 4) is 11.1 Å². The van der Waals surface area contributed by atoms with Gasteiger partial charge in [-0.05, 0) is 30.2 Å². The van der Waals surface area contributed by atoms with E-state index in [0.29, 0.717) is 5.41 Å². The van der Waals surface area contributed by atoms with Crippen molar-refractivity contribution in [2.75, 3.05) is 0 Å². The van der Waals surface area contributed by atoms with Gasteiger partial charge in [-0.3, -0.25) is 0 Å². The summed E-state index contributed by atoms with van der Waals surface area (Å²) in [5, 5.41) is 2.82. The predicted molar refractivity (Wildman–Crippen MR) is 159 cm³/mol. The summed E-state index contributed by atoms with van der Waals surface area (Å²) in [5.74, 6) is 0. The Kier molecular flexibility index (Phi) is 24.8. The van der Waals surface area contributed by atoms with Gasteiger partial charge in [0.2, 0.25) is 0 Å². The van der Waals surface area contributed by atoms with Crippen LogP contribution in [-0.2, 0) is 39.7 Å². The number of rotatable bonds is 2. The van der Waals surface area contributed by atoms with E-state index in [-0.39, 0.29) is 75.0 Å². The van der Waals surface area contributed by atoms with E-state index in [9.17, 15) is 0 Å². The molecule has 0 fully saturated rings. The summed E-state index contributed by atoms with van der Waals surface area (Å²) in [6.45, 7) is 13.3. The van der Waals surface area contributed by atoms with Crippen LogP contribution < -0.4 is 24.8 Å². The van der Waals surface area contributed by atoms with Crippen molar-refractivity contribution >= 4 is 24.5 Å². The van der Waals surface area contributed by atoms with Crippen molar-refractivity contribution in [1.82, 2.24) is 0 Å². The van der Waals surface area contributed by atoms with Gasteiger partial charge in [-0.25, -0.2) is 6.07 Å². The van der Waals surface area contributed by atoms with Gasteiger partial charge in [0.15, 0.2) is 0 Å². The van der Waals surface area contributed by atoms with Crippen LogP contribution in [0.15, 0.2) is 78.9 Å². The molecule has 0 saturated carbocycles. The van der Waals surface area contributed by atoms with Crippen LogP contribution in [0.1, 0.15) is 43.9 Å². The number of fused-ring (bicyclic) bond motifs is 2. The van der Waals surface area contributed by atoms with E-state index in [4.69, 9.17) is 0 Å².